The summed E-state index contributed by atoms with van der Waals surface area (Å²) in [6.45, 7) is 2.19. The molecule has 90 valence electrons. The number of hydrogen-bond donors (Lipinski definition) is 1. The van der Waals surface area contributed by atoms with Gasteiger partial charge in [-0.2, -0.15) is 11.8 Å². The highest BCUT2D eigenvalue weighted by molar-refractivity contribution is 7.98. The van der Waals surface area contributed by atoms with E-state index in [1.807, 2.05) is 6.26 Å². The van der Waals surface area contributed by atoms with Crippen LogP contribution in [-0.2, 0) is 0 Å². The molecule has 1 aromatic carbocycles. The molecule has 0 aliphatic carbocycles. The average molecular weight is 244 g/mol. The standard InChI is InChI=1S/C12H17FO2S/c1-9(14)11-5-4-10(13)8-12(11)15-6-3-7-16-2/h4-5,8-9,14H,3,6-7H2,1-2H3. The maximum atomic E-state index is 13.0. The zero-order valence-electron chi connectivity index (χ0n) is 9.57. The monoisotopic (exact) mass is 244 g/mol. The van der Waals surface area contributed by atoms with E-state index >= 15 is 0 Å². The number of hydrogen-bond acceptors (Lipinski definition) is 3. The smallest absolute Gasteiger partial charge is 0.127 e. The van der Waals surface area contributed by atoms with Gasteiger partial charge in [-0.1, -0.05) is 0 Å². The molecule has 1 N–H and O–H groups in total. The van der Waals surface area contributed by atoms with E-state index in [1.54, 1.807) is 24.8 Å². The Morgan fingerprint density at radius 1 is 1.50 bits per heavy atom. The van der Waals surface area contributed by atoms with Crippen LogP contribution in [0.15, 0.2) is 18.2 Å². The van der Waals surface area contributed by atoms with Crippen molar-refractivity contribution < 1.29 is 14.2 Å². The van der Waals surface area contributed by atoms with Crippen molar-refractivity contribution in [2.75, 3.05) is 18.6 Å². The maximum Gasteiger partial charge on any atom is 0.127 e. The number of benzene rings is 1. The summed E-state index contributed by atoms with van der Waals surface area (Å²) in [7, 11) is 0. The zero-order valence-corrected chi connectivity index (χ0v) is 10.4. The highest BCUT2D eigenvalue weighted by Gasteiger charge is 2.10. The van der Waals surface area contributed by atoms with Crippen molar-refractivity contribution in [3.8, 4) is 5.75 Å². The largest absolute Gasteiger partial charge is 0.493 e. The molecule has 0 aliphatic heterocycles. The summed E-state index contributed by atoms with van der Waals surface area (Å²) in [4.78, 5) is 0. The molecule has 16 heavy (non-hydrogen) atoms. The molecule has 0 aromatic heterocycles. The Morgan fingerprint density at radius 3 is 2.88 bits per heavy atom. The second-order valence-corrected chi connectivity index (χ2v) is 4.54. The summed E-state index contributed by atoms with van der Waals surface area (Å²) >= 11 is 1.75. The van der Waals surface area contributed by atoms with E-state index in [4.69, 9.17) is 4.74 Å². The highest BCUT2D eigenvalue weighted by atomic mass is 32.2. The molecule has 0 radical (unpaired) electrons. The lowest BCUT2D eigenvalue weighted by Gasteiger charge is -2.13. The van der Waals surface area contributed by atoms with E-state index in [-0.39, 0.29) is 5.82 Å². The lowest BCUT2D eigenvalue weighted by Crippen LogP contribution is -2.03. The van der Waals surface area contributed by atoms with E-state index in [0.717, 1.165) is 12.2 Å². The Bertz CT molecular complexity index is 329. The van der Waals surface area contributed by atoms with Crippen LogP contribution in [0.5, 0.6) is 5.75 Å². The zero-order chi connectivity index (χ0) is 12.0. The second-order valence-electron chi connectivity index (χ2n) is 3.55. The quantitative estimate of drug-likeness (QED) is 0.780. The van der Waals surface area contributed by atoms with Crippen LogP contribution in [0.3, 0.4) is 0 Å². The van der Waals surface area contributed by atoms with Crippen LogP contribution >= 0.6 is 11.8 Å². The molecule has 0 bridgehead atoms. The van der Waals surface area contributed by atoms with Gasteiger partial charge in [0, 0.05) is 11.6 Å². The van der Waals surface area contributed by atoms with Gasteiger partial charge in [-0.25, -0.2) is 4.39 Å². The molecular formula is C12H17FO2S. The summed E-state index contributed by atoms with van der Waals surface area (Å²) in [6.07, 6.45) is 2.30. The van der Waals surface area contributed by atoms with Gasteiger partial charge in [-0.3, -0.25) is 0 Å². The Morgan fingerprint density at radius 2 is 2.25 bits per heavy atom. The van der Waals surface area contributed by atoms with Crippen LogP contribution in [0.4, 0.5) is 4.39 Å². The number of ether oxygens (including phenoxy) is 1. The molecule has 0 amide bonds. The van der Waals surface area contributed by atoms with Crippen molar-refractivity contribution in [1.82, 2.24) is 0 Å². The lowest BCUT2D eigenvalue weighted by molar-refractivity contribution is 0.191. The van der Waals surface area contributed by atoms with E-state index in [2.05, 4.69) is 0 Å². The molecular weight excluding hydrogens is 227 g/mol. The van der Waals surface area contributed by atoms with Crippen molar-refractivity contribution in [1.29, 1.82) is 0 Å². The van der Waals surface area contributed by atoms with Gasteiger partial charge in [-0.05, 0) is 37.5 Å². The molecule has 0 aliphatic rings. The van der Waals surface area contributed by atoms with E-state index in [0.29, 0.717) is 17.9 Å². The van der Waals surface area contributed by atoms with Crippen LogP contribution in [0, 0.1) is 5.82 Å². The fourth-order valence-corrected chi connectivity index (χ4v) is 1.77. The summed E-state index contributed by atoms with van der Waals surface area (Å²) < 4.78 is 18.5. The van der Waals surface area contributed by atoms with Gasteiger partial charge in [0.1, 0.15) is 11.6 Å². The van der Waals surface area contributed by atoms with Gasteiger partial charge in [0.15, 0.2) is 0 Å². The predicted octanol–water partition coefficient (Wildman–Crippen LogP) is 3.01. The number of aliphatic hydroxyl groups excluding tert-OH is 1. The molecule has 0 saturated carbocycles. The first-order valence-electron chi connectivity index (χ1n) is 5.24. The summed E-state index contributed by atoms with van der Waals surface area (Å²) in [5.41, 5.74) is 0.630. The molecule has 1 aromatic rings. The highest BCUT2D eigenvalue weighted by Crippen LogP contribution is 2.26. The van der Waals surface area contributed by atoms with Gasteiger partial charge in [-0.15, -0.1) is 0 Å². The molecule has 2 nitrogen and oxygen atoms in total. The topological polar surface area (TPSA) is 29.5 Å². The maximum absolute atomic E-state index is 13.0. The Hall–Kier alpha value is -0.740. The van der Waals surface area contributed by atoms with Crippen LogP contribution < -0.4 is 4.74 Å². The lowest BCUT2D eigenvalue weighted by atomic mass is 10.1. The minimum atomic E-state index is -0.642. The number of thioether (sulfide) groups is 1. The molecule has 0 spiro atoms. The van der Waals surface area contributed by atoms with E-state index in [1.165, 1.54) is 12.1 Å². The fourth-order valence-electron chi connectivity index (χ4n) is 1.36. The average Bonchev–Trinajstić information content (AvgIpc) is 2.24. The first-order chi connectivity index (χ1) is 7.65. The number of halogens is 1. The predicted molar refractivity (Wildman–Crippen MR) is 65.5 cm³/mol. The SMILES string of the molecule is CSCCCOc1cc(F)ccc1C(C)O. The third-order valence-electron chi connectivity index (χ3n) is 2.18. The molecule has 0 fully saturated rings. The molecule has 4 heteroatoms. The van der Waals surface area contributed by atoms with Crippen LogP contribution in [0.2, 0.25) is 0 Å². The Kier molecular flexibility index (Phi) is 5.63. The van der Waals surface area contributed by atoms with Gasteiger partial charge in [0.25, 0.3) is 0 Å². The Labute approximate surface area is 99.8 Å². The van der Waals surface area contributed by atoms with Gasteiger partial charge in [0.05, 0.1) is 12.7 Å². The Balaban J connectivity index is 2.65. The first kappa shape index (κ1) is 13.3. The summed E-state index contributed by atoms with van der Waals surface area (Å²) in [5.74, 6) is 1.11. The van der Waals surface area contributed by atoms with Crippen molar-refractivity contribution in [3.63, 3.8) is 0 Å². The van der Waals surface area contributed by atoms with Gasteiger partial charge < -0.3 is 9.84 Å². The molecule has 1 unspecified atom stereocenters. The summed E-state index contributed by atoms with van der Waals surface area (Å²) in [6, 6.07) is 4.21. The van der Waals surface area contributed by atoms with Crippen molar-refractivity contribution in [2.45, 2.75) is 19.4 Å². The minimum absolute atomic E-state index is 0.343. The van der Waals surface area contributed by atoms with Crippen LogP contribution in [-0.4, -0.2) is 23.7 Å². The number of rotatable bonds is 6. The van der Waals surface area contributed by atoms with Gasteiger partial charge in [0.2, 0.25) is 0 Å². The third-order valence-corrected chi connectivity index (χ3v) is 2.87. The third kappa shape index (κ3) is 4.02. The minimum Gasteiger partial charge on any atom is -0.493 e. The van der Waals surface area contributed by atoms with Crippen LogP contribution in [0.1, 0.15) is 25.0 Å². The van der Waals surface area contributed by atoms with Crippen molar-refractivity contribution in [2.24, 2.45) is 0 Å². The van der Waals surface area contributed by atoms with Crippen molar-refractivity contribution >= 4 is 11.8 Å². The van der Waals surface area contributed by atoms with Crippen molar-refractivity contribution in [3.05, 3.63) is 29.6 Å². The summed E-state index contributed by atoms with van der Waals surface area (Å²) in [5, 5.41) is 9.49. The second kappa shape index (κ2) is 6.76. The van der Waals surface area contributed by atoms with E-state index in [9.17, 15) is 9.50 Å². The fraction of sp³-hybridized carbons (Fsp3) is 0.500. The van der Waals surface area contributed by atoms with Gasteiger partial charge >= 0.3 is 0 Å². The molecule has 0 heterocycles. The van der Waals surface area contributed by atoms with E-state index < -0.39 is 6.10 Å². The molecule has 0 saturated heterocycles. The molecule has 1 atom stereocenters. The normalized spacial score (nSPS) is 12.5. The molecule has 1 rings (SSSR count). The first-order valence-corrected chi connectivity index (χ1v) is 6.63. The van der Waals surface area contributed by atoms with Crippen LogP contribution in [0.25, 0.3) is 0 Å². The number of aliphatic hydroxyl groups is 1.